The number of anilines is 1. The van der Waals surface area contributed by atoms with Crippen molar-refractivity contribution < 1.29 is 4.79 Å². The van der Waals surface area contributed by atoms with E-state index in [0.717, 1.165) is 31.6 Å². The van der Waals surface area contributed by atoms with Gasteiger partial charge in [0.05, 0.1) is 5.56 Å². The third-order valence-electron chi connectivity index (χ3n) is 3.70. The van der Waals surface area contributed by atoms with Gasteiger partial charge in [-0.05, 0) is 45.1 Å². The third-order valence-corrected chi connectivity index (χ3v) is 3.93. The molecule has 1 aliphatic rings. The van der Waals surface area contributed by atoms with Gasteiger partial charge in [0.1, 0.15) is 0 Å². The largest absolute Gasteiger partial charge is 0.387 e. The summed E-state index contributed by atoms with van der Waals surface area (Å²) < 4.78 is 0. The molecular weight excluding hydrogens is 274 g/mol. The van der Waals surface area contributed by atoms with Crippen molar-refractivity contribution in [1.82, 2.24) is 9.80 Å². The standard InChI is InChI=1S/C15H22ClN3O/c1-17-14-7-6-11(16)9-13(14)15(20)19-8-4-5-12(19)10-18(2)3/h6-7,9,12,17H,4-5,8,10H2,1-3H3. The smallest absolute Gasteiger partial charge is 0.256 e. The lowest BCUT2D eigenvalue weighted by Gasteiger charge is -2.28. The average molecular weight is 296 g/mol. The highest BCUT2D eigenvalue weighted by Crippen LogP contribution is 2.26. The molecular formula is C15H22ClN3O. The number of hydrogen-bond acceptors (Lipinski definition) is 3. The van der Waals surface area contributed by atoms with Crippen molar-refractivity contribution >= 4 is 23.2 Å². The topological polar surface area (TPSA) is 35.6 Å². The highest BCUT2D eigenvalue weighted by atomic mass is 35.5. The van der Waals surface area contributed by atoms with E-state index in [2.05, 4.69) is 10.2 Å². The number of amides is 1. The molecule has 1 unspecified atom stereocenters. The summed E-state index contributed by atoms with van der Waals surface area (Å²) in [5.74, 6) is 0.0706. The summed E-state index contributed by atoms with van der Waals surface area (Å²) >= 11 is 6.04. The van der Waals surface area contributed by atoms with Crippen molar-refractivity contribution in [3.63, 3.8) is 0 Å². The minimum atomic E-state index is 0.0706. The van der Waals surface area contributed by atoms with Gasteiger partial charge in [0.25, 0.3) is 5.91 Å². The number of hydrogen-bond donors (Lipinski definition) is 1. The summed E-state index contributed by atoms with van der Waals surface area (Å²) in [7, 11) is 5.90. The monoisotopic (exact) mass is 295 g/mol. The van der Waals surface area contributed by atoms with Gasteiger partial charge in [-0.2, -0.15) is 0 Å². The summed E-state index contributed by atoms with van der Waals surface area (Å²) in [6.07, 6.45) is 2.14. The molecule has 110 valence electrons. The van der Waals surface area contributed by atoms with Gasteiger partial charge in [0.2, 0.25) is 0 Å². The first kappa shape index (κ1) is 15.1. The van der Waals surface area contributed by atoms with Crippen LogP contribution in [0.5, 0.6) is 0 Å². The van der Waals surface area contributed by atoms with Crippen LogP contribution in [0.4, 0.5) is 5.69 Å². The maximum Gasteiger partial charge on any atom is 0.256 e. The number of nitrogens with one attached hydrogen (secondary N) is 1. The SMILES string of the molecule is CNc1ccc(Cl)cc1C(=O)N1CCCC1CN(C)C. The minimum Gasteiger partial charge on any atom is -0.387 e. The molecule has 1 saturated heterocycles. The lowest BCUT2D eigenvalue weighted by molar-refractivity contribution is 0.0717. The van der Waals surface area contributed by atoms with E-state index in [1.807, 2.05) is 32.1 Å². The molecule has 1 aliphatic heterocycles. The van der Waals surface area contributed by atoms with Gasteiger partial charge in [-0.15, -0.1) is 0 Å². The number of benzene rings is 1. The summed E-state index contributed by atoms with van der Waals surface area (Å²) in [5.41, 5.74) is 1.49. The fourth-order valence-corrected chi connectivity index (χ4v) is 2.95. The maximum absolute atomic E-state index is 12.8. The molecule has 0 aliphatic carbocycles. The molecule has 1 fully saturated rings. The molecule has 0 saturated carbocycles. The minimum absolute atomic E-state index is 0.0706. The quantitative estimate of drug-likeness (QED) is 0.927. The zero-order valence-electron chi connectivity index (χ0n) is 12.3. The van der Waals surface area contributed by atoms with E-state index in [1.54, 1.807) is 12.1 Å². The zero-order valence-corrected chi connectivity index (χ0v) is 13.1. The molecule has 2 rings (SSSR count). The highest BCUT2D eigenvalue weighted by molar-refractivity contribution is 6.31. The van der Waals surface area contributed by atoms with Crippen LogP contribution in [0.1, 0.15) is 23.2 Å². The molecule has 1 atom stereocenters. The Hall–Kier alpha value is -1.26. The molecule has 1 heterocycles. The summed E-state index contributed by atoms with van der Waals surface area (Å²) in [6, 6.07) is 5.69. The molecule has 1 aromatic carbocycles. The predicted molar refractivity (Wildman–Crippen MR) is 83.6 cm³/mol. The van der Waals surface area contributed by atoms with Gasteiger partial charge in [0.15, 0.2) is 0 Å². The Balaban J connectivity index is 2.24. The third kappa shape index (κ3) is 3.25. The van der Waals surface area contributed by atoms with Gasteiger partial charge in [-0.3, -0.25) is 4.79 Å². The molecule has 0 bridgehead atoms. The van der Waals surface area contributed by atoms with Crippen molar-refractivity contribution in [2.24, 2.45) is 0 Å². The van der Waals surface area contributed by atoms with Crippen molar-refractivity contribution in [1.29, 1.82) is 0 Å². The van der Waals surface area contributed by atoms with Crippen LogP contribution in [0.25, 0.3) is 0 Å². The molecule has 0 aromatic heterocycles. The van der Waals surface area contributed by atoms with Gasteiger partial charge in [-0.1, -0.05) is 11.6 Å². The van der Waals surface area contributed by atoms with E-state index in [4.69, 9.17) is 11.6 Å². The van der Waals surface area contributed by atoms with Crippen LogP contribution in [0.15, 0.2) is 18.2 Å². The van der Waals surface area contributed by atoms with Crippen LogP contribution in [-0.4, -0.2) is 56.0 Å². The molecule has 1 aromatic rings. The molecule has 1 amide bonds. The van der Waals surface area contributed by atoms with E-state index in [1.165, 1.54) is 0 Å². The number of rotatable bonds is 4. The van der Waals surface area contributed by atoms with E-state index >= 15 is 0 Å². The van der Waals surface area contributed by atoms with Crippen LogP contribution in [0.2, 0.25) is 5.02 Å². The zero-order chi connectivity index (χ0) is 14.7. The second-order valence-corrected chi connectivity index (χ2v) is 5.93. The average Bonchev–Trinajstić information content (AvgIpc) is 2.85. The lowest BCUT2D eigenvalue weighted by Crippen LogP contribution is -2.41. The van der Waals surface area contributed by atoms with Crippen molar-refractivity contribution in [2.75, 3.05) is 39.5 Å². The highest BCUT2D eigenvalue weighted by Gasteiger charge is 2.30. The van der Waals surface area contributed by atoms with E-state index in [9.17, 15) is 4.79 Å². The van der Waals surface area contributed by atoms with E-state index < -0.39 is 0 Å². The van der Waals surface area contributed by atoms with E-state index in [-0.39, 0.29) is 5.91 Å². The Bertz CT molecular complexity index is 490. The van der Waals surface area contributed by atoms with Gasteiger partial charge in [-0.25, -0.2) is 0 Å². The van der Waals surface area contributed by atoms with Crippen LogP contribution in [-0.2, 0) is 0 Å². The van der Waals surface area contributed by atoms with Gasteiger partial charge >= 0.3 is 0 Å². The Morgan fingerprint density at radius 3 is 2.90 bits per heavy atom. The number of likely N-dealkylation sites (tertiary alicyclic amines) is 1. The first-order valence-corrected chi connectivity index (χ1v) is 7.33. The first-order valence-electron chi connectivity index (χ1n) is 6.96. The first-order chi connectivity index (χ1) is 9.52. The molecule has 20 heavy (non-hydrogen) atoms. The molecule has 0 radical (unpaired) electrons. The Kier molecular flexibility index (Phi) is 4.89. The van der Waals surface area contributed by atoms with Gasteiger partial charge < -0.3 is 15.1 Å². The number of likely N-dealkylation sites (N-methyl/N-ethyl adjacent to an activating group) is 1. The molecule has 4 nitrogen and oxygen atoms in total. The normalized spacial score (nSPS) is 18.6. The second-order valence-electron chi connectivity index (χ2n) is 5.50. The number of carbonyl (C=O) groups excluding carboxylic acids is 1. The van der Waals surface area contributed by atoms with Crippen molar-refractivity contribution in [3.05, 3.63) is 28.8 Å². The summed E-state index contributed by atoms with van der Waals surface area (Å²) in [4.78, 5) is 16.9. The number of carbonyl (C=O) groups is 1. The summed E-state index contributed by atoms with van der Waals surface area (Å²) in [6.45, 7) is 1.73. The lowest BCUT2D eigenvalue weighted by atomic mass is 10.1. The number of nitrogens with zero attached hydrogens (tertiary/aromatic N) is 2. The number of halogens is 1. The Morgan fingerprint density at radius 2 is 2.25 bits per heavy atom. The Morgan fingerprint density at radius 1 is 1.50 bits per heavy atom. The van der Waals surface area contributed by atoms with Crippen LogP contribution >= 0.6 is 11.6 Å². The fourth-order valence-electron chi connectivity index (χ4n) is 2.78. The molecule has 5 heteroatoms. The summed E-state index contributed by atoms with van der Waals surface area (Å²) in [5, 5.41) is 3.66. The van der Waals surface area contributed by atoms with Crippen molar-refractivity contribution in [3.8, 4) is 0 Å². The predicted octanol–water partition coefficient (Wildman–Crippen LogP) is 2.55. The Labute approximate surface area is 125 Å². The van der Waals surface area contributed by atoms with Gasteiger partial charge in [0, 0.05) is 36.9 Å². The van der Waals surface area contributed by atoms with E-state index in [0.29, 0.717) is 16.6 Å². The molecule has 0 spiro atoms. The van der Waals surface area contributed by atoms with Crippen LogP contribution < -0.4 is 5.32 Å². The van der Waals surface area contributed by atoms with Crippen molar-refractivity contribution in [2.45, 2.75) is 18.9 Å². The second kappa shape index (κ2) is 6.46. The van der Waals surface area contributed by atoms with Crippen LogP contribution in [0, 0.1) is 0 Å². The fraction of sp³-hybridized carbons (Fsp3) is 0.533. The molecule has 1 N–H and O–H groups in total. The van der Waals surface area contributed by atoms with Crippen LogP contribution in [0.3, 0.4) is 0 Å². The maximum atomic E-state index is 12.8.